The molecule has 0 radical (unpaired) electrons. The van der Waals surface area contributed by atoms with Crippen molar-refractivity contribution in [2.75, 3.05) is 38.9 Å². The van der Waals surface area contributed by atoms with Crippen molar-refractivity contribution in [3.05, 3.63) is 33.4 Å². The predicted octanol–water partition coefficient (Wildman–Crippen LogP) is -7.21. The zero-order valence-corrected chi connectivity index (χ0v) is 31.5. The van der Waals surface area contributed by atoms with E-state index in [1.165, 1.54) is 45.0 Å². The van der Waals surface area contributed by atoms with Crippen molar-refractivity contribution >= 4 is 58.4 Å². The first-order valence-corrected chi connectivity index (χ1v) is 20.0. The number of phosphoric ester groups is 2. The van der Waals surface area contributed by atoms with Crippen LogP contribution in [0.5, 0.6) is 0 Å². The highest BCUT2D eigenvalue weighted by atomic mass is 31.3. The van der Waals surface area contributed by atoms with Gasteiger partial charge in [-0.15, -0.1) is 4.31 Å². The van der Waals surface area contributed by atoms with Crippen molar-refractivity contribution < 1.29 is 85.0 Å². The molecule has 2 aliphatic rings. The summed E-state index contributed by atoms with van der Waals surface area (Å²) in [6, 6.07) is 0. The van der Waals surface area contributed by atoms with E-state index in [2.05, 4.69) is 33.1 Å². The number of nitrogens with one attached hydrogen (secondary N) is 2. The Morgan fingerprint density at radius 2 is 1.29 bits per heavy atom. The second kappa shape index (κ2) is 15.3. The predicted molar refractivity (Wildman–Crippen MR) is 171 cm³/mol. The standard InChI is InChI=1S/C24H35N10O18P3/c1-31-7-33(17-11(31)19(37)29-23(25)27-17)21-13(35)15(45-3)9(49-21)5-47-53(39,40)51-55(43,44)52-54(41,42)48-6-10-16(46-4)14(36)22(50-10)34-8-32(2)12-18(34)28-24(26)30-20(12)38/h7-10,13-16,21-22,35-36H,5-6H2,1-4H3,(H7-2,25,26,27,28,29,30,37,38,39,40,41,42,43,44)/t9-,10-,13-,14-,15-,16-,21-,22-/m1/s1. The first kappa shape index (κ1) is 41.4. The molecule has 304 valence electrons. The van der Waals surface area contributed by atoms with Gasteiger partial charge in [0.15, 0.2) is 12.7 Å². The maximum absolute atomic E-state index is 12.6. The third-order valence-corrected chi connectivity index (χ3v) is 12.7. The molecule has 0 amide bonds. The zero-order chi connectivity index (χ0) is 40.4. The number of phosphoric acid groups is 3. The van der Waals surface area contributed by atoms with E-state index in [1.54, 1.807) is 0 Å². The van der Waals surface area contributed by atoms with Crippen LogP contribution in [0.25, 0.3) is 22.3 Å². The number of aliphatic hydroxyl groups excluding tert-OH is 2. The Hall–Kier alpha value is -3.21. The Kier molecular flexibility index (Phi) is 11.5. The van der Waals surface area contributed by atoms with Crippen LogP contribution in [0.15, 0.2) is 22.2 Å². The van der Waals surface area contributed by atoms with E-state index in [1.807, 2.05) is 0 Å². The van der Waals surface area contributed by atoms with Crippen LogP contribution in [0.2, 0.25) is 0 Å². The van der Waals surface area contributed by atoms with Gasteiger partial charge in [-0.2, -0.15) is 0 Å². The highest BCUT2D eigenvalue weighted by molar-refractivity contribution is 7.69. The van der Waals surface area contributed by atoms with Crippen molar-refractivity contribution in [1.82, 2.24) is 29.1 Å². The molecule has 0 aliphatic carbocycles. The van der Waals surface area contributed by atoms with Gasteiger partial charge in [0.1, 0.15) is 43.2 Å². The van der Waals surface area contributed by atoms with Gasteiger partial charge in [-0.1, -0.05) is 14.3 Å². The highest BCUT2D eigenvalue weighted by Crippen LogP contribution is 2.67. The average Bonchev–Trinajstić information content (AvgIpc) is 3.77. The number of imidazole rings is 2. The molecular weight excluding hydrogens is 809 g/mol. The fraction of sp³-hybridized carbons (Fsp3) is 0.583. The molecule has 4 aromatic rings. The maximum atomic E-state index is 12.6. The van der Waals surface area contributed by atoms with E-state index in [4.69, 9.17) is 34.9 Å². The molecule has 0 spiro atoms. The van der Waals surface area contributed by atoms with Crippen LogP contribution in [-0.2, 0) is 55.3 Å². The highest BCUT2D eigenvalue weighted by Gasteiger charge is 2.51. The van der Waals surface area contributed by atoms with Gasteiger partial charge in [0, 0.05) is 14.2 Å². The molecular formula is C24H35N10O18P3. The molecule has 0 saturated carbocycles. The first-order valence-electron chi connectivity index (χ1n) is 15.6. The van der Waals surface area contributed by atoms with E-state index in [0.29, 0.717) is 0 Å². The van der Waals surface area contributed by atoms with Crippen LogP contribution in [0.1, 0.15) is 12.5 Å². The summed E-state index contributed by atoms with van der Waals surface area (Å²) in [5, 5.41) is 21.9. The fourth-order valence-corrected chi connectivity index (χ4v) is 9.72. The number of ether oxygens (including phenoxy) is 4. The van der Waals surface area contributed by atoms with Gasteiger partial charge in [0.05, 0.1) is 20.7 Å². The van der Waals surface area contributed by atoms with Crippen molar-refractivity contribution in [3.63, 3.8) is 0 Å². The summed E-state index contributed by atoms with van der Waals surface area (Å²) in [4.78, 5) is 97.8. The number of aryl methyl sites for hydroxylation is 2. The summed E-state index contributed by atoms with van der Waals surface area (Å²) < 4.78 is 57.1. The van der Waals surface area contributed by atoms with Gasteiger partial charge in [0.2, 0.25) is 23.5 Å². The van der Waals surface area contributed by atoms with Crippen LogP contribution in [0.4, 0.5) is 11.9 Å². The molecule has 9 atom stereocenters. The van der Waals surface area contributed by atoms with Crippen molar-refractivity contribution in [2.24, 2.45) is 14.1 Å². The van der Waals surface area contributed by atoms with Gasteiger partial charge in [-0.25, -0.2) is 18.2 Å². The SMILES string of the molecule is CO[C@H]1[C@@H](O)[C@H]([n+]2cn(C)c3c(=O)[nH]c(N)nc32)O[C@@H]1COP(=O)(O)O[P+]([O-])([O-])O[P+]([O-])([O-])OC[C@H]1O[C@@H]([n+]2cn(C)c3c(=O)[nH]c(N)nc32)[C@H](O)[C@@H]1OC. The van der Waals surface area contributed by atoms with Crippen LogP contribution in [-0.4, -0.2) is 108 Å². The summed E-state index contributed by atoms with van der Waals surface area (Å²) in [7, 11) is -12.6. The van der Waals surface area contributed by atoms with Crippen molar-refractivity contribution in [3.8, 4) is 0 Å². The molecule has 1 unspecified atom stereocenters. The van der Waals surface area contributed by atoms with Crippen LogP contribution < -0.4 is 51.3 Å². The second-order valence-electron chi connectivity index (χ2n) is 12.1. The molecule has 28 nitrogen and oxygen atoms in total. The smallest absolute Gasteiger partial charge is 0.508 e. The Morgan fingerprint density at radius 1 is 0.855 bits per heavy atom. The maximum Gasteiger partial charge on any atom is 0.508 e. The zero-order valence-electron chi connectivity index (χ0n) is 28.8. The lowest BCUT2D eigenvalue weighted by Crippen LogP contribution is -2.46. The second-order valence-corrected chi connectivity index (χ2v) is 16.7. The normalized spacial score (nSPS) is 27.4. The Labute approximate surface area is 307 Å². The van der Waals surface area contributed by atoms with E-state index in [0.717, 1.165) is 14.2 Å². The molecule has 55 heavy (non-hydrogen) atoms. The minimum Gasteiger partial charge on any atom is -0.631 e. The van der Waals surface area contributed by atoms with Crippen LogP contribution in [0.3, 0.4) is 0 Å². The van der Waals surface area contributed by atoms with E-state index < -0.39 is 97.6 Å². The molecule has 0 aromatic carbocycles. The number of nitrogens with zero attached hydrogens (tertiary/aromatic N) is 6. The number of anilines is 2. The third-order valence-electron chi connectivity index (χ3n) is 8.49. The number of aliphatic hydroxyl groups is 2. The molecule has 6 heterocycles. The first-order chi connectivity index (χ1) is 25.7. The van der Waals surface area contributed by atoms with Crippen molar-refractivity contribution in [1.29, 1.82) is 0 Å². The van der Waals surface area contributed by atoms with Gasteiger partial charge in [-0.3, -0.25) is 33.2 Å². The topological polar surface area (TPSA) is 405 Å². The number of aromatic amines is 2. The number of aromatic nitrogens is 8. The summed E-state index contributed by atoms with van der Waals surface area (Å²) in [6.45, 7) is -1.99. The molecule has 9 N–H and O–H groups in total. The quantitative estimate of drug-likeness (QED) is 0.0458. The number of nitrogens with two attached hydrogens (primary N) is 2. The number of rotatable bonds is 14. The largest absolute Gasteiger partial charge is 0.631 e. The van der Waals surface area contributed by atoms with E-state index >= 15 is 0 Å². The lowest BCUT2D eigenvalue weighted by atomic mass is 10.1. The lowest BCUT2D eigenvalue weighted by molar-refractivity contribution is -0.746. The van der Waals surface area contributed by atoms with Gasteiger partial charge >= 0.3 is 19.1 Å². The molecule has 0 bridgehead atoms. The lowest BCUT2D eigenvalue weighted by Gasteiger charge is -2.37. The Morgan fingerprint density at radius 3 is 1.73 bits per heavy atom. The minimum atomic E-state index is -6.27. The Balaban J connectivity index is 1.07. The van der Waals surface area contributed by atoms with Crippen molar-refractivity contribution in [2.45, 2.75) is 49.1 Å². The molecule has 4 aromatic heterocycles. The summed E-state index contributed by atoms with van der Waals surface area (Å²) in [5.41, 5.74) is 10.2. The number of fused-ring (bicyclic) bond motifs is 2. The van der Waals surface area contributed by atoms with Crippen LogP contribution in [0, 0.1) is 0 Å². The number of nitrogen functional groups attached to an aromatic ring is 2. The van der Waals surface area contributed by atoms with Gasteiger partial charge in [0.25, 0.3) is 39.4 Å². The third kappa shape index (κ3) is 8.29. The average molecular weight is 845 g/mol. The minimum absolute atomic E-state index is 0.00766. The number of hydrogen-bond donors (Lipinski definition) is 7. The number of hydrogen-bond acceptors (Lipinski definition) is 21. The fourth-order valence-electron chi connectivity index (χ4n) is 6.30. The van der Waals surface area contributed by atoms with Gasteiger partial charge < -0.3 is 65.1 Å². The molecule has 2 fully saturated rings. The Bertz CT molecular complexity index is 2230. The molecule has 2 saturated heterocycles. The summed E-state index contributed by atoms with van der Waals surface area (Å²) in [5.74, 6) is -0.500. The monoisotopic (exact) mass is 844 g/mol. The summed E-state index contributed by atoms with van der Waals surface area (Å²) >= 11 is 0. The van der Waals surface area contributed by atoms with E-state index in [-0.39, 0.29) is 34.2 Å². The van der Waals surface area contributed by atoms with Gasteiger partial charge in [-0.05, 0) is 0 Å². The molecule has 31 heteroatoms. The summed E-state index contributed by atoms with van der Waals surface area (Å²) in [6.07, 6.45) is -8.43. The number of methoxy groups -OCH3 is 2. The molecule has 2 aliphatic heterocycles. The number of H-pyrrole nitrogens is 2. The van der Waals surface area contributed by atoms with E-state index in [9.17, 15) is 48.8 Å². The van der Waals surface area contributed by atoms with Crippen LogP contribution >= 0.6 is 24.2 Å². The molecule has 6 rings (SSSR count).